The summed E-state index contributed by atoms with van der Waals surface area (Å²) >= 11 is 0. The summed E-state index contributed by atoms with van der Waals surface area (Å²) in [5, 5.41) is 3.00. The minimum atomic E-state index is -0.578. The summed E-state index contributed by atoms with van der Waals surface area (Å²) in [7, 11) is 1.37. The molecule has 0 bridgehead atoms. The van der Waals surface area contributed by atoms with E-state index >= 15 is 0 Å². The third-order valence-electron chi connectivity index (χ3n) is 2.90. The van der Waals surface area contributed by atoms with E-state index in [1.807, 2.05) is 26.0 Å². The molecule has 96 valence electrons. The molecule has 0 unspecified atom stereocenters. The Morgan fingerprint density at radius 3 is 2.56 bits per heavy atom. The molecule has 1 N–H and O–H groups in total. The normalized spacial score (nSPS) is 12.6. The third kappa shape index (κ3) is 1.92. The summed E-state index contributed by atoms with van der Waals surface area (Å²) in [6.07, 6.45) is 0.731. The lowest BCUT2D eigenvalue weighted by atomic mass is 10.1. The SMILES string of the molecule is CC[C@@H](Nc1c(OC)c(=O)c1=O)c1ccc(C)o1. The van der Waals surface area contributed by atoms with Crippen molar-refractivity contribution in [2.45, 2.75) is 26.3 Å². The maximum absolute atomic E-state index is 11.4. The lowest BCUT2D eigenvalue weighted by molar-refractivity contribution is 0.405. The highest BCUT2D eigenvalue weighted by atomic mass is 16.5. The first-order chi connectivity index (χ1) is 8.58. The van der Waals surface area contributed by atoms with Gasteiger partial charge in [0.05, 0.1) is 13.2 Å². The second-order valence-electron chi connectivity index (χ2n) is 4.12. The molecular weight excluding hydrogens is 234 g/mol. The van der Waals surface area contributed by atoms with Gasteiger partial charge in [-0.15, -0.1) is 0 Å². The predicted molar refractivity (Wildman–Crippen MR) is 68.0 cm³/mol. The van der Waals surface area contributed by atoms with Gasteiger partial charge < -0.3 is 14.5 Å². The quantitative estimate of drug-likeness (QED) is 0.818. The number of methoxy groups -OCH3 is 1. The molecule has 18 heavy (non-hydrogen) atoms. The Balaban J connectivity index is 2.24. The molecule has 2 rings (SSSR count). The Labute approximate surface area is 104 Å². The highest BCUT2D eigenvalue weighted by Crippen LogP contribution is 2.26. The molecular formula is C13H15NO4. The van der Waals surface area contributed by atoms with Crippen molar-refractivity contribution < 1.29 is 9.15 Å². The van der Waals surface area contributed by atoms with Crippen molar-refractivity contribution in [3.8, 4) is 5.75 Å². The molecule has 1 aromatic carbocycles. The van der Waals surface area contributed by atoms with Gasteiger partial charge in [0.2, 0.25) is 0 Å². The molecule has 0 spiro atoms. The first-order valence-corrected chi connectivity index (χ1v) is 5.78. The molecule has 0 saturated heterocycles. The van der Waals surface area contributed by atoms with Gasteiger partial charge >= 0.3 is 0 Å². The van der Waals surface area contributed by atoms with Gasteiger partial charge in [-0.1, -0.05) is 6.92 Å². The number of aryl methyl sites for hydroxylation is 1. The Morgan fingerprint density at radius 1 is 1.33 bits per heavy atom. The Bertz CT molecular complexity index is 619. The van der Waals surface area contributed by atoms with Crippen molar-refractivity contribution in [1.29, 1.82) is 0 Å². The number of rotatable bonds is 5. The fourth-order valence-electron chi connectivity index (χ4n) is 1.89. The molecule has 0 aliphatic carbocycles. The van der Waals surface area contributed by atoms with Crippen molar-refractivity contribution in [2.24, 2.45) is 0 Å². The lowest BCUT2D eigenvalue weighted by Gasteiger charge is -2.18. The van der Waals surface area contributed by atoms with Crippen LogP contribution >= 0.6 is 0 Å². The summed E-state index contributed by atoms with van der Waals surface area (Å²) < 4.78 is 10.4. The molecule has 0 aliphatic rings. The number of nitrogens with one attached hydrogen (secondary N) is 1. The lowest BCUT2D eigenvalue weighted by Crippen LogP contribution is -2.36. The van der Waals surface area contributed by atoms with Crippen molar-refractivity contribution in [2.75, 3.05) is 12.4 Å². The number of furan rings is 1. The van der Waals surface area contributed by atoms with E-state index in [0.717, 1.165) is 17.9 Å². The van der Waals surface area contributed by atoms with Gasteiger partial charge in [0, 0.05) is 0 Å². The van der Waals surface area contributed by atoms with E-state index in [2.05, 4.69) is 5.32 Å². The summed E-state index contributed by atoms with van der Waals surface area (Å²) in [6.45, 7) is 3.82. The molecule has 0 saturated carbocycles. The molecule has 0 aliphatic heterocycles. The summed E-state index contributed by atoms with van der Waals surface area (Å²) in [4.78, 5) is 22.7. The smallest absolute Gasteiger partial charge is 0.271 e. The van der Waals surface area contributed by atoms with E-state index in [9.17, 15) is 9.59 Å². The second kappa shape index (κ2) is 4.68. The van der Waals surface area contributed by atoms with Crippen LogP contribution in [0.3, 0.4) is 0 Å². The fourth-order valence-corrected chi connectivity index (χ4v) is 1.89. The van der Waals surface area contributed by atoms with Crippen molar-refractivity contribution >= 4 is 5.69 Å². The maximum atomic E-state index is 11.4. The fraction of sp³-hybridized carbons (Fsp3) is 0.385. The number of hydrogen-bond acceptors (Lipinski definition) is 5. The highest BCUT2D eigenvalue weighted by molar-refractivity contribution is 5.62. The summed E-state index contributed by atoms with van der Waals surface area (Å²) in [6, 6.07) is 3.57. The number of anilines is 1. The van der Waals surface area contributed by atoms with Crippen LogP contribution in [0.1, 0.15) is 30.9 Å². The van der Waals surface area contributed by atoms with E-state index < -0.39 is 10.9 Å². The average Bonchev–Trinajstić information content (AvgIpc) is 2.80. The average molecular weight is 249 g/mol. The van der Waals surface area contributed by atoms with Crippen molar-refractivity contribution in [1.82, 2.24) is 0 Å². The third-order valence-corrected chi connectivity index (χ3v) is 2.90. The Kier molecular flexibility index (Phi) is 3.23. The van der Waals surface area contributed by atoms with Gasteiger partial charge in [-0.2, -0.15) is 0 Å². The molecule has 1 atom stereocenters. The number of hydrogen-bond donors (Lipinski definition) is 1. The minimum Gasteiger partial charge on any atom is -0.491 e. The van der Waals surface area contributed by atoms with Gasteiger partial charge in [0.15, 0.2) is 5.75 Å². The molecule has 0 amide bonds. The van der Waals surface area contributed by atoms with Gasteiger partial charge in [-0.05, 0) is 25.5 Å². The van der Waals surface area contributed by atoms with E-state index in [-0.39, 0.29) is 17.5 Å². The van der Waals surface area contributed by atoms with Gasteiger partial charge in [0.1, 0.15) is 17.2 Å². The van der Waals surface area contributed by atoms with Crippen LogP contribution < -0.4 is 20.9 Å². The zero-order valence-electron chi connectivity index (χ0n) is 10.6. The van der Waals surface area contributed by atoms with Crippen LogP contribution in [0.25, 0.3) is 0 Å². The van der Waals surface area contributed by atoms with Crippen LogP contribution in [0.15, 0.2) is 26.1 Å². The number of ether oxygens (including phenoxy) is 1. The Morgan fingerprint density at radius 2 is 2.06 bits per heavy atom. The summed E-state index contributed by atoms with van der Waals surface area (Å²) in [5.74, 6) is 1.65. The zero-order valence-corrected chi connectivity index (χ0v) is 10.6. The van der Waals surface area contributed by atoms with Crippen LogP contribution in [0.2, 0.25) is 0 Å². The van der Waals surface area contributed by atoms with Crippen LogP contribution in [0, 0.1) is 6.92 Å². The van der Waals surface area contributed by atoms with Gasteiger partial charge in [0.25, 0.3) is 10.9 Å². The largest absolute Gasteiger partial charge is 0.491 e. The van der Waals surface area contributed by atoms with Crippen LogP contribution in [0.5, 0.6) is 5.75 Å². The van der Waals surface area contributed by atoms with E-state index in [4.69, 9.17) is 9.15 Å². The molecule has 0 radical (unpaired) electrons. The molecule has 5 nitrogen and oxygen atoms in total. The van der Waals surface area contributed by atoms with Crippen LogP contribution in [0.4, 0.5) is 5.69 Å². The minimum absolute atomic E-state index is 0.0988. The van der Waals surface area contributed by atoms with E-state index in [1.54, 1.807) is 0 Å². The van der Waals surface area contributed by atoms with E-state index in [1.165, 1.54) is 7.11 Å². The topological polar surface area (TPSA) is 68.5 Å². The monoisotopic (exact) mass is 249 g/mol. The first kappa shape index (κ1) is 12.4. The highest BCUT2D eigenvalue weighted by Gasteiger charge is 2.25. The van der Waals surface area contributed by atoms with E-state index in [0.29, 0.717) is 0 Å². The molecule has 1 aromatic heterocycles. The molecule has 1 heterocycles. The van der Waals surface area contributed by atoms with Gasteiger partial charge in [-0.3, -0.25) is 9.59 Å². The predicted octanol–water partition coefficient (Wildman–Crippen LogP) is 1.76. The van der Waals surface area contributed by atoms with Crippen LogP contribution in [-0.2, 0) is 0 Å². The first-order valence-electron chi connectivity index (χ1n) is 5.78. The van der Waals surface area contributed by atoms with Gasteiger partial charge in [-0.25, -0.2) is 0 Å². The Hall–Kier alpha value is -2.04. The van der Waals surface area contributed by atoms with Crippen molar-refractivity contribution in [3.63, 3.8) is 0 Å². The van der Waals surface area contributed by atoms with Crippen molar-refractivity contribution in [3.05, 3.63) is 44.1 Å². The second-order valence-corrected chi connectivity index (χ2v) is 4.12. The molecule has 2 aromatic rings. The zero-order chi connectivity index (χ0) is 13.3. The standard InChI is InChI=1S/C13H15NO4/c1-4-8(9-6-5-7(2)18-9)14-10-11(15)12(16)13(10)17-3/h5-6,8,14H,4H2,1-3H3/t8-/m1/s1. The maximum Gasteiger partial charge on any atom is 0.271 e. The summed E-state index contributed by atoms with van der Waals surface area (Å²) in [5.41, 5.74) is -0.873. The molecule has 0 fully saturated rings. The van der Waals surface area contributed by atoms with Crippen LogP contribution in [-0.4, -0.2) is 7.11 Å². The molecule has 5 heteroatoms.